The minimum Gasteiger partial charge on any atom is -0.463 e. The van der Waals surface area contributed by atoms with Crippen LogP contribution in [0, 0.1) is 0 Å². The number of hydrogen-bond donors (Lipinski definition) is 0. The molecule has 0 unspecified atom stereocenters. The fraction of sp³-hybridized carbons (Fsp3) is 0.700. The summed E-state index contributed by atoms with van der Waals surface area (Å²) in [6, 6.07) is 0. The van der Waals surface area contributed by atoms with E-state index in [9.17, 15) is 4.79 Å². The molecule has 0 spiro atoms. The van der Waals surface area contributed by atoms with Gasteiger partial charge in [-0.05, 0) is 18.4 Å². The topological polar surface area (TPSA) is 26.3 Å². The van der Waals surface area contributed by atoms with E-state index >= 15 is 0 Å². The van der Waals surface area contributed by atoms with Gasteiger partial charge in [0.15, 0.2) is 0 Å². The van der Waals surface area contributed by atoms with Crippen LogP contribution in [0.5, 0.6) is 0 Å². The van der Waals surface area contributed by atoms with Crippen LogP contribution in [0.25, 0.3) is 0 Å². The van der Waals surface area contributed by atoms with Crippen LogP contribution in [0.15, 0.2) is 11.0 Å². The van der Waals surface area contributed by atoms with Crippen molar-refractivity contribution in [3.8, 4) is 0 Å². The Labute approximate surface area is 94.9 Å². The third kappa shape index (κ3) is 7.33. The van der Waals surface area contributed by atoms with Gasteiger partial charge in [0.1, 0.15) is 0 Å². The van der Waals surface area contributed by atoms with E-state index in [0.29, 0.717) is 6.61 Å². The molecule has 0 saturated heterocycles. The number of carbonyl (C=O) groups is 1. The van der Waals surface area contributed by atoms with Crippen LogP contribution >= 0.6 is 23.5 Å². The molecule has 0 fully saturated rings. The Morgan fingerprint density at radius 1 is 1.29 bits per heavy atom. The van der Waals surface area contributed by atoms with Gasteiger partial charge >= 0.3 is 5.97 Å². The van der Waals surface area contributed by atoms with Crippen molar-refractivity contribution in [2.24, 2.45) is 0 Å². The molecule has 0 aromatic rings. The number of carbonyl (C=O) groups excluding carboxylic acids is 1. The highest BCUT2D eigenvalue weighted by Gasteiger charge is 2.02. The zero-order valence-corrected chi connectivity index (χ0v) is 10.7. The maximum atomic E-state index is 11.2. The first-order chi connectivity index (χ1) is 6.74. The first-order valence-electron chi connectivity index (χ1n) is 4.82. The second kappa shape index (κ2) is 9.46. The SMILES string of the molecule is CCOC(=O)/C=C(/CSCC)SCC. The summed E-state index contributed by atoms with van der Waals surface area (Å²) in [7, 11) is 0. The van der Waals surface area contributed by atoms with Gasteiger partial charge in [-0.2, -0.15) is 11.8 Å². The van der Waals surface area contributed by atoms with E-state index in [1.54, 1.807) is 17.8 Å². The van der Waals surface area contributed by atoms with Crippen LogP contribution in [-0.2, 0) is 9.53 Å². The van der Waals surface area contributed by atoms with E-state index in [2.05, 4.69) is 13.8 Å². The van der Waals surface area contributed by atoms with E-state index in [1.165, 1.54) is 0 Å². The number of hydrogen-bond acceptors (Lipinski definition) is 4. The molecule has 0 rings (SSSR count). The van der Waals surface area contributed by atoms with Crippen LogP contribution in [0.3, 0.4) is 0 Å². The van der Waals surface area contributed by atoms with Crippen molar-refractivity contribution in [2.75, 3.05) is 23.9 Å². The largest absolute Gasteiger partial charge is 0.463 e. The smallest absolute Gasteiger partial charge is 0.331 e. The van der Waals surface area contributed by atoms with Crippen molar-refractivity contribution >= 4 is 29.5 Å². The molecule has 0 aliphatic heterocycles. The predicted molar refractivity (Wildman–Crippen MR) is 65.8 cm³/mol. The summed E-state index contributed by atoms with van der Waals surface area (Å²) in [5, 5.41) is 0. The van der Waals surface area contributed by atoms with Gasteiger partial charge in [-0.3, -0.25) is 0 Å². The van der Waals surface area contributed by atoms with Gasteiger partial charge in [0, 0.05) is 16.7 Å². The summed E-state index contributed by atoms with van der Waals surface area (Å²) in [5.41, 5.74) is 0. The van der Waals surface area contributed by atoms with Crippen molar-refractivity contribution in [3.05, 3.63) is 11.0 Å². The maximum absolute atomic E-state index is 11.2. The van der Waals surface area contributed by atoms with Crippen molar-refractivity contribution in [1.29, 1.82) is 0 Å². The normalized spacial score (nSPS) is 11.5. The molecule has 0 saturated carbocycles. The van der Waals surface area contributed by atoms with Crippen molar-refractivity contribution < 1.29 is 9.53 Å². The highest BCUT2D eigenvalue weighted by Crippen LogP contribution is 2.20. The Kier molecular flexibility index (Phi) is 9.40. The highest BCUT2D eigenvalue weighted by atomic mass is 32.2. The summed E-state index contributed by atoms with van der Waals surface area (Å²) < 4.78 is 4.86. The van der Waals surface area contributed by atoms with E-state index in [1.807, 2.05) is 18.7 Å². The quantitative estimate of drug-likeness (QED) is 0.500. The molecular weight excluding hydrogens is 216 g/mol. The second-order valence-corrected chi connectivity index (χ2v) is 5.10. The van der Waals surface area contributed by atoms with E-state index in [0.717, 1.165) is 22.2 Å². The highest BCUT2D eigenvalue weighted by molar-refractivity contribution is 8.05. The molecule has 14 heavy (non-hydrogen) atoms. The van der Waals surface area contributed by atoms with E-state index < -0.39 is 0 Å². The average Bonchev–Trinajstić information content (AvgIpc) is 2.15. The second-order valence-electron chi connectivity index (χ2n) is 2.43. The Morgan fingerprint density at radius 2 is 2.00 bits per heavy atom. The van der Waals surface area contributed by atoms with E-state index in [-0.39, 0.29) is 5.97 Å². The van der Waals surface area contributed by atoms with Crippen LogP contribution < -0.4 is 0 Å². The molecule has 0 atom stereocenters. The molecule has 0 aromatic carbocycles. The van der Waals surface area contributed by atoms with E-state index in [4.69, 9.17) is 4.74 Å². The van der Waals surface area contributed by atoms with Crippen molar-refractivity contribution in [2.45, 2.75) is 20.8 Å². The third-order valence-electron chi connectivity index (χ3n) is 1.34. The Balaban J connectivity index is 4.08. The van der Waals surface area contributed by atoms with Gasteiger partial charge in [-0.15, -0.1) is 11.8 Å². The van der Waals surface area contributed by atoms with Crippen LogP contribution in [-0.4, -0.2) is 29.8 Å². The fourth-order valence-corrected chi connectivity index (χ4v) is 2.45. The first kappa shape index (κ1) is 13.9. The molecule has 82 valence electrons. The third-order valence-corrected chi connectivity index (χ3v) is 3.37. The standard InChI is InChI=1S/C10H18O2S2/c1-4-12-10(11)7-9(14-6-3)8-13-5-2/h7H,4-6,8H2,1-3H3/b9-7-. The van der Waals surface area contributed by atoms with Gasteiger partial charge in [0.25, 0.3) is 0 Å². The predicted octanol–water partition coefficient (Wildman–Crippen LogP) is 2.94. The van der Waals surface area contributed by atoms with Gasteiger partial charge < -0.3 is 4.74 Å². The molecule has 4 heteroatoms. The van der Waals surface area contributed by atoms with Crippen LogP contribution in [0.1, 0.15) is 20.8 Å². The molecule has 0 aromatic heterocycles. The van der Waals surface area contributed by atoms with Gasteiger partial charge in [-0.25, -0.2) is 4.79 Å². The van der Waals surface area contributed by atoms with Crippen molar-refractivity contribution in [1.82, 2.24) is 0 Å². The first-order valence-corrected chi connectivity index (χ1v) is 6.96. The molecule has 0 bridgehead atoms. The maximum Gasteiger partial charge on any atom is 0.331 e. The van der Waals surface area contributed by atoms with Crippen LogP contribution in [0.4, 0.5) is 0 Å². The van der Waals surface area contributed by atoms with Crippen molar-refractivity contribution in [3.63, 3.8) is 0 Å². The van der Waals surface area contributed by atoms with Gasteiger partial charge in [-0.1, -0.05) is 13.8 Å². The summed E-state index contributed by atoms with van der Waals surface area (Å²) in [6.45, 7) is 6.46. The summed E-state index contributed by atoms with van der Waals surface area (Å²) in [4.78, 5) is 12.3. The van der Waals surface area contributed by atoms with Crippen LogP contribution in [0.2, 0.25) is 0 Å². The Bertz CT molecular complexity index is 191. The lowest BCUT2D eigenvalue weighted by atomic mass is 10.5. The minimum atomic E-state index is -0.222. The lowest BCUT2D eigenvalue weighted by Gasteiger charge is -2.04. The Morgan fingerprint density at radius 3 is 2.50 bits per heavy atom. The molecule has 2 nitrogen and oxygen atoms in total. The lowest BCUT2D eigenvalue weighted by molar-refractivity contribution is -0.137. The van der Waals surface area contributed by atoms with Gasteiger partial charge in [0.05, 0.1) is 6.61 Å². The monoisotopic (exact) mass is 234 g/mol. The fourth-order valence-electron chi connectivity index (χ4n) is 0.828. The molecule has 0 N–H and O–H groups in total. The zero-order chi connectivity index (χ0) is 10.8. The lowest BCUT2D eigenvalue weighted by Crippen LogP contribution is -2.01. The summed E-state index contributed by atoms with van der Waals surface area (Å²) in [6.07, 6.45) is 1.61. The van der Waals surface area contributed by atoms with Gasteiger partial charge in [0.2, 0.25) is 0 Å². The Hall–Kier alpha value is -0.0900. The number of rotatable bonds is 7. The number of thioether (sulfide) groups is 2. The zero-order valence-electron chi connectivity index (χ0n) is 9.04. The molecule has 0 aliphatic rings. The minimum absolute atomic E-state index is 0.222. The molecule has 0 amide bonds. The summed E-state index contributed by atoms with van der Waals surface area (Å²) in [5.74, 6) is 2.76. The molecular formula is C10H18O2S2. The number of esters is 1. The average molecular weight is 234 g/mol. The molecule has 0 aliphatic carbocycles. The molecule has 0 radical (unpaired) electrons. The number of ether oxygens (including phenoxy) is 1. The molecule has 0 heterocycles. The summed E-state index contributed by atoms with van der Waals surface area (Å²) >= 11 is 3.53.